The van der Waals surface area contributed by atoms with E-state index in [0.717, 1.165) is 12.8 Å². The van der Waals surface area contributed by atoms with Gasteiger partial charge >= 0.3 is 6.09 Å². The summed E-state index contributed by atoms with van der Waals surface area (Å²) in [7, 11) is -3.98. The van der Waals surface area contributed by atoms with Crippen LogP contribution in [-0.4, -0.2) is 57.9 Å². The van der Waals surface area contributed by atoms with Gasteiger partial charge in [-0.1, -0.05) is 41.5 Å². The SMILES string of the molecule is CC(C)(C)OC(=O)[N+]1=CCC[C@@H]1[C@@H](CO[Si](C)(C)C(C)(C)C)O[Si](C)(C)C(C)(C)C. The Kier molecular flexibility index (Phi) is 8.40. The lowest BCUT2D eigenvalue weighted by Gasteiger charge is -2.42. The van der Waals surface area contributed by atoms with Crippen molar-refractivity contribution >= 4 is 28.9 Å². The minimum atomic E-state index is -2.05. The van der Waals surface area contributed by atoms with Gasteiger partial charge in [0.25, 0.3) is 0 Å². The van der Waals surface area contributed by atoms with E-state index >= 15 is 0 Å². The van der Waals surface area contributed by atoms with Crippen molar-refractivity contribution in [1.29, 1.82) is 0 Å². The molecule has 0 fully saturated rings. The van der Waals surface area contributed by atoms with Crippen molar-refractivity contribution < 1.29 is 23.0 Å². The highest BCUT2D eigenvalue weighted by Gasteiger charge is 2.48. The van der Waals surface area contributed by atoms with Crippen LogP contribution in [0, 0.1) is 0 Å². The highest BCUT2D eigenvalue weighted by atomic mass is 28.4. The normalized spacial score (nSPS) is 20.2. The molecule has 1 aliphatic rings. The van der Waals surface area contributed by atoms with Crippen LogP contribution in [0.2, 0.25) is 36.3 Å². The third kappa shape index (κ3) is 7.28. The second kappa shape index (κ2) is 9.16. The third-order valence-electron chi connectivity index (χ3n) is 6.85. The lowest BCUT2D eigenvalue weighted by molar-refractivity contribution is -0.491. The van der Waals surface area contributed by atoms with Crippen LogP contribution in [0.4, 0.5) is 4.79 Å². The molecule has 0 aromatic carbocycles. The predicted molar refractivity (Wildman–Crippen MR) is 131 cm³/mol. The molecule has 2 atom stereocenters. The Bertz CT molecular complexity index is 637. The Morgan fingerprint density at radius 1 is 0.967 bits per heavy atom. The molecule has 0 aromatic rings. The van der Waals surface area contributed by atoms with Gasteiger partial charge in [-0.25, -0.2) is 0 Å². The average molecular weight is 459 g/mol. The number of rotatable bonds is 6. The third-order valence-corrected chi connectivity index (χ3v) is 15.9. The van der Waals surface area contributed by atoms with Crippen LogP contribution in [-0.2, 0) is 13.6 Å². The van der Waals surface area contributed by atoms with E-state index < -0.39 is 22.2 Å². The van der Waals surface area contributed by atoms with Crippen molar-refractivity contribution in [2.24, 2.45) is 0 Å². The lowest BCUT2D eigenvalue weighted by Crippen LogP contribution is -2.53. The second-order valence-electron chi connectivity index (χ2n) is 12.7. The van der Waals surface area contributed by atoms with E-state index in [9.17, 15) is 4.79 Å². The first-order valence-electron chi connectivity index (χ1n) is 11.3. The summed E-state index contributed by atoms with van der Waals surface area (Å²) in [6.45, 7) is 28.8. The molecule has 0 radical (unpaired) electrons. The number of hydrogen-bond donors (Lipinski definition) is 0. The number of amides is 1. The van der Waals surface area contributed by atoms with E-state index in [1.54, 1.807) is 4.58 Å². The maximum Gasteiger partial charge on any atom is 0.596 e. The van der Waals surface area contributed by atoms with Gasteiger partial charge in [0.15, 0.2) is 28.9 Å². The maximum absolute atomic E-state index is 12.9. The Labute approximate surface area is 187 Å². The van der Waals surface area contributed by atoms with Crippen LogP contribution in [0.1, 0.15) is 75.2 Å². The van der Waals surface area contributed by atoms with Gasteiger partial charge in [-0.15, -0.1) is 4.58 Å². The van der Waals surface area contributed by atoms with Crippen LogP contribution in [0.15, 0.2) is 0 Å². The van der Waals surface area contributed by atoms with Gasteiger partial charge in [-0.05, 0) is 57.0 Å². The lowest BCUT2D eigenvalue weighted by atomic mass is 10.1. The van der Waals surface area contributed by atoms with Gasteiger partial charge < -0.3 is 13.6 Å². The van der Waals surface area contributed by atoms with Crippen molar-refractivity contribution in [3.05, 3.63) is 0 Å². The van der Waals surface area contributed by atoms with Gasteiger partial charge in [-0.2, -0.15) is 4.79 Å². The molecule has 30 heavy (non-hydrogen) atoms. The molecule has 1 amide bonds. The molecule has 0 N–H and O–H groups in total. The monoisotopic (exact) mass is 458 g/mol. The van der Waals surface area contributed by atoms with Gasteiger partial charge in [0.1, 0.15) is 11.7 Å². The summed E-state index contributed by atoms with van der Waals surface area (Å²) in [5.41, 5.74) is -0.522. The molecule has 5 nitrogen and oxygen atoms in total. The highest BCUT2D eigenvalue weighted by Crippen LogP contribution is 2.40. The van der Waals surface area contributed by atoms with Crippen molar-refractivity contribution in [1.82, 2.24) is 0 Å². The number of carbonyl (C=O) groups excluding carboxylic acids is 1. The molecule has 176 valence electrons. The first-order chi connectivity index (χ1) is 13.2. The molecule has 0 saturated carbocycles. The fourth-order valence-corrected chi connectivity index (χ4v) is 5.18. The van der Waals surface area contributed by atoms with E-state index in [2.05, 4.69) is 67.7 Å². The van der Waals surface area contributed by atoms with Crippen molar-refractivity contribution in [3.8, 4) is 0 Å². The maximum atomic E-state index is 12.9. The van der Waals surface area contributed by atoms with Crippen molar-refractivity contribution in [3.63, 3.8) is 0 Å². The minimum absolute atomic E-state index is 0.0567. The fourth-order valence-electron chi connectivity index (χ4n) is 2.83. The zero-order chi connectivity index (χ0) is 23.8. The molecule has 1 heterocycles. The minimum Gasteiger partial charge on any atom is -0.414 e. The fraction of sp³-hybridized carbons (Fsp3) is 0.913. The van der Waals surface area contributed by atoms with Crippen LogP contribution >= 0.6 is 0 Å². The molecular weight excluding hydrogens is 410 g/mol. The molecule has 1 aliphatic heterocycles. The molecule has 0 bridgehead atoms. The molecule has 0 aliphatic carbocycles. The van der Waals surface area contributed by atoms with Gasteiger partial charge in [0.2, 0.25) is 0 Å². The standard InChI is InChI=1S/C23H48NO4Si2/c1-21(2,3)27-20(25)24-16-14-15-18(24)19(28-30(12,13)23(7,8)9)17-26-29(10,11)22(4,5)6/h16,18-19H,14-15,17H2,1-13H3/q+1/t18-,19-/m1/s1. The number of ether oxygens (including phenoxy) is 1. The van der Waals surface area contributed by atoms with Gasteiger partial charge in [0, 0.05) is 12.8 Å². The van der Waals surface area contributed by atoms with E-state index in [0.29, 0.717) is 6.61 Å². The Hall–Kier alpha value is -0.506. The summed E-state index contributed by atoms with van der Waals surface area (Å²) in [5, 5.41) is 0.211. The van der Waals surface area contributed by atoms with Crippen LogP contribution < -0.4 is 0 Å². The summed E-state index contributed by atoms with van der Waals surface area (Å²) in [6.07, 6.45) is 3.24. The largest absolute Gasteiger partial charge is 0.596 e. The highest BCUT2D eigenvalue weighted by molar-refractivity contribution is 6.74. The summed E-state index contributed by atoms with van der Waals surface area (Å²) in [5.74, 6) is 0. The van der Waals surface area contributed by atoms with Gasteiger partial charge in [0.05, 0.1) is 6.61 Å². The Morgan fingerprint density at radius 3 is 1.90 bits per heavy atom. The number of carbonyl (C=O) groups is 1. The Morgan fingerprint density at radius 2 is 1.47 bits per heavy atom. The zero-order valence-electron chi connectivity index (χ0n) is 21.9. The predicted octanol–water partition coefficient (Wildman–Crippen LogP) is 6.58. The molecule has 0 spiro atoms. The summed E-state index contributed by atoms with van der Waals surface area (Å²) < 4.78 is 20.9. The van der Waals surface area contributed by atoms with E-state index in [-0.39, 0.29) is 28.3 Å². The summed E-state index contributed by atoms with van der Waals surface area (Å²) in [6, 6.07) is -0.0567. The molecule has 1 rings (SSSR count). The topological polar surface area (TPSA) is 47.8 Å². The average Bonchev–Trinajstić information content (AvgIpc) is 2.96. The zero-order valence-corrected chi connectivity index (χ0v) is 23.9. The van der Waals surface area contributed by atoms with Crippen LogP contribution in [0.25, 0.3) is 0 Å². The van der Waals surface area contributed by atoms with Crippen LogP contribution in [0.5, 0.6) is 0 Å². The number of nitrogens with zero attached hydrogens (tertiary/aromatic N) is 1. The number of hydrogen-bond acceptors (Lipinski definition) is 4. The summed E-state index contributed by atoms with van der Waals surface area (Å²) >= 11 is 0. The van der Waals surface area contributed by atoms with Crippen LogP contribution in [0.3, 0.4) is 0 Å². The summed E-state index contributed by atoms with van der Waals surface area (Å²) in [4.78, 5) is 12.9. The quantitative estimate of drug-likeness (QED) is 0.333. The molecule has 7 heteroatoms. The first-order valence-corrected chi connectivity index (χ1v) is 17.2. The van der Waals surface area contributed by atoms with E-state index in [4.69, 9.17) is 13.6 Å². The van der Waals surface area contributed by atoms with E-state index in [1.165, 1.54) is 0 Å². The smallest absolute Gasteiger partial charge is 0.414 e. The first kappa shape index (κ1) is 27.5. The van der Waals surface area contributed by atoms with Crippen molar-refractivity contribution in [2.45, 2.75) is 129 Å². The van der Waals surface area contributed by atoms with Crippen molar-refractivity contribution in [2.75, 3.05) is 6.61 Å². The second-order valence-corrected chi connectivity index (χ2v) is 22.3. The molecule has 0 saturated heterocycles. The van der Waals surface area contributed by atoms with E-state index in [1.807, 2.05) is 27.0 Å². The Balaban J connectivity index is 3.17. The molecule has 0 aromatic heterocycles. The molecule has 0 unspecified atom stereocenters. The molecular formula is C23H48NO4Si2+. The van der Waals surface area contributed by atoms with Gasteiger partial charge in [-0.3, -0.25) is 0 Å².